The van der Waals surface area contributed by atoms with E-state index < -0.39 is 0 Å². The molecule has 0 saturated heterocycles. The Bertz CT molecular complexity index is 1450. The summed E-state index contributed by atoms with van der Waals surface area (Å²) in [6.07, 6.45) is 5.79. The lowest BCUT2D eigenvalue weighted by atomic mass is 10.1. The van der Waals surface area contributed by atoms with Crippen molar-refractivity contribution in [2.45, 2.75) is 33.4 Å². The summed E-state index contributed by atoms with van der Waals surface area (Å²) in [4.78, 5) is 36.6. The van der Waals surface area contributed by atoms with Crippen molar-refractivity contribution in [3.05, 3.63) is 99.1 Å². The topological polar surface area (TPSA) is 119 Å². The third-order valence-electron chi connectivity index (χ3n) is 6.32. The fourth-order valence-corrected chi connectivity index (χ4v) is 4.35. The molecule has 3 aromatic heterocycles. The summed E-state index contributed by atoms with van der Waals surface area (Å²) in [6.45, 7) is 5.39. The Kier molecular flexibility index (Phi) is 5.82. The number of nitrogens with two attached hydrogens (primary N) is 1. The van der Waals surface area contributed by atoms with Crippen LogP contribution >= 0.6 is 0 Å². The number of anilines is 2. The maximum atomic E-state index is 13.5. The maximum Gasteiger partial charge on any atom is 0.278 e. The second kappa shape index (κ2) is 9.09. The molecule has 1 aliphatic rings. The van der Waals surface area contributed by atoms with Crippen LogP contribution in [0, 0.1) is 13.8 Å². The van der Waals surface area contributed by atoms with Crippen LogP contribution in [-0.2, 0) is 19.5 Å². The zero-order valence-electron chi connectivity index (χ0n) is 19.6. The van der Waals surface area contributed by atoms with Gasteiger partial charge in [0.15, 0.2) is 0 Å². The number of pyridine rings is 1. The minimum absolute atomic E-state index is 0.115. The number of nitrogen functional groups attached to an aromatic ring is 1. The van der Waals surface area contributed by atoms with Crippen LogP contribution in [0.15, 0.2) is 64.3 Å². The minimum atomic E-state index is -0.209. The van der Waals surface area contributed by atoms with Crippen molar-refractivity contribution in [1.82, 2.24) is 19.9 Å². The predicted molar refractivity (Wildman–Crippen MR) is 133 cm³/mol. The number of aryl methyl sites for hydroxylation is 2. The normalized spacial score (nSPS) is 12.9. The van der Waals surface area contributed by atoms with E-state index in [1.807, 2.05) is 26.0 Å². The SMILES string of the molecule is Cc1ccoc1CNC(=O)c1ccc(-n2ccc(C)c(N3CCc4nc(N)ncc4C3)c2=O)cc1. The summed E-state index contributed by atoms with van der Waals surface area (Å²) < 4.78 is 6.97. The molecule has 0 unspecified atom stereocenters. The van der Waals surface area contributed by atoms with Gasteiger partial charge in [0.2, 0.25) is 5.95 Å². The van der Waals surface area contributed by atoms with Crippen LogP contribution in [0.25, 0.3) is 5.69 Å². The van der Waals surface area contributed by atoms with Crippen LogP contribution in [0.1, 0.15) is 38.5 Å². The third-order valence-corrected chi connectivity index (χ3v) is 6.32. The summed E-state index contributed by atoms with van der Waals surface area (Å²) in [5, 5.41) is 2.86. The molecule has 9 nitrogen and oxygen atoms in total. The van der Waals surface area contributed by atoms with Crippen molar-refractivity contribution < 1.29 is 9.21 Å². The number of hydrogen-bond acceptors (Lipinski definition) is 7. The lowest BCUT2D eigenvalue weighted by Crippen LogP contribution is -2.37. The molecule has 0 bridgehead atoms. The lowest BCUT2D eigenvalue weighted by Gasteiger charge is -2.30. The molecule has 0 aliphatic carbocycles. The quantitative estimate of drug-likeness (QED) is 0.460. The average Bonchev–Trinajstić information content (AvgIpc) is 3.27. The van der Waals surface area contributed by atoms with E-state index in [1.54, 1.807) is 47.5 Å². The zero-order chi connectivity index (χ0) is 24.5. The van der Waals surface area contributed by atoms with E-state index >= 15 is 0 Å². The van der Waals surface area contributed by atoms with Gasteiger partial charge >= 0.3 is 0 Å². The maximum absolute atomic E-state index is 13.5. The van der Waals surface area contributed by atoms with Gasteiger partial charge in [0, 0.05) is 48.7 Å². The largest absolute Gasteiger partial charge is 0.467 e. The summed E-state index contributed by atoms with van der Waals surface area (Å²) in [5.74, 6) is 0.784. The van der Waals surface area contributed by atoms with Crippen molar-refractivity contribution in [1.29, 1.82) is 0 Å². The van der Waals surface area contributed by atoms with Gasteiger partial charge in [-0.05, 0) is 61.4 Å². The molecule has 4 aromatic rings. The number of fused-ring (bicyclic) bond motifs is 1. The highest BCUT2D eigenvalue weighted by molar-refractivity contribution is 5.94. The van der Waals surface area contributed by atoms with Crippen molar-refractivity contribution in [3.63, 3.8) is 0 Å². The number of nitrogens with one attached hydrogen (secondary N) is 1. The lowest BCUT2D eigenvalue weighted by molar-refractivity contribution is 0.0948. The van der Waals surface area contributed by atoms with E-state index in [-0.39, 0.29) is 17.4 Å². The molecule has 178 valence electrons. The first-order valence-electron chi connectivity index (χ1n) is 11.4. The van der Waals surface area contributed by atoms with Crippen molar-refractivity contribution in [3.8, 4) is 5.69 Å². The third kappa shape index (κ3) is 4.40. The van der Waals surface area contributed by atoms with E-state index in [2.05, 4.69) is 20.2 Å². The summed E-state index contributed by atoms with van der Waals surface area (Å²) >= 11 is 0. The molecule has 0 saturated carbocycles. The second-order valence-electron chi connectivity index (χ2n) is 8.65. The van der Waals surface area contributed by atoms with Crippen LogP contribution < -0.4 is 21.5 Å². The van der Waals surface area contributed by atoms with Crippen LogP contribution in [-0.4, -0.2) is 27.0 Å². The minimum Gasteiger partial charge on any atom is -0.467 e. The highest BCUT2D eigenvalue weighted by Gasteiger charge is 2.23. The Morgan fingerprint density at radius 1 is 1.14 bits per heavy atom. The van der Waals surface area contributed by atoms with Gasteiger partial charge in [0.05, 0.1) is 18.5 Å². The Morgan fingerprint density at radius 3 is 2.69 bits per heavy atom. The average molecular weight is 471 g/mol. The Morgan fingerprint density at radius 2 is 1.94 bits per heavy atom. The van der Waals surface area contributed by atoms with Crippen molar-refractivity contribution in [2.24, 2.45) is 0 Å². The standard InChI is InChI=1S/C26H26N6O3/c1-16-9-12-35-22(16)14-28-24(33)18-3-5-20(6-4-18)32-11-7-17(2)23(25(32)34)31-10-8-21-19(15-31)13-29-26(27)30-21/h3-7,9,11-13H,8,10,14-15H2,1-2H3,(H,28,33)(H2,27,29,30). The van der Waals surface area contributed by atoms with Gasteiger partial charge in [-0.25, -0.2) is 9.97 Å². The number of furan rings is 1. The molecule has 4 heterocycles. The molecule has 0 atom stereocenters. The smallest absolute Gasteiger partial charge is 0.278 e. The second-order valence-corrected chi connectivity index (χ2v) is 8.65. The Labute approximate surface area is 202 Å². The zero-order valence-corrected chi connectivity index (χ0v) is 19.6. The summed E-state index contributed by atoms with van der Waals surface area (Å²) in [6, 6.07) is 10.8. The Hall–Kier alpha value is -4.40. The molecule has 35 heavy (non-hydrogen) atoms. The highest BCUT2D eigenvalue weighted by Crippen LogP contribution is 2.24. The molecular weight excluding hydrogens is 444 g/mol. The monoisotopic (exact) mass is 470 g/mol. The van der Waals surface area contributed by atoms with Gasteiger partial charge in [-0.3, -0.25) is 14.2 Å². The van der Waals surface area contributed by atoms with E-state index in [0.29, 0.717) is 43.0 Å². The number of nitrogens with zero attached hydrogens (tertiary/aromatic N) is 4. The van der Waals surface area contributed by atoms with Crippen molar-refractivity contribution in [2.75, 3.05) is 17.2 Å². The molecule has 5 rings (SSSR count). The van der Waals surface area contributed by atoms with E-state index in [1.165, 1.54) is 0 Å². The molecule has 0 radical (unpaired) electrons. The predicted octanol–water partition coefficient (Wildman–Crippen LogP) is 2.91. The van der Waals surface area contributed by atoms with E-state index in [4.69, 9.17) is 10.2 Å². The fourth-order valence-electron chi connectivity index (χ4n) is 4.35. The molecule has 3 N–H and O–H groups in total. The Balaban J connectivity index is 1.36. The van der Waals surface area contributed by atoms with E-state index in [9.17, 15) is 9.59 Å². The number of rotatable bonds is 5. The number of amides is 1. The molecule has 1 amide bonds. The van der Waals surface area contributed by atoms with Gasteiger partial charge in [-0.1, -0.05) is 0 Å². The van der Waals surface area contributed by atoms with Crippen LogP contribution in [0.2, 0.25) is 0 Å². The number of benzene rings is 1. The molecule has 0 spiro atoms. The van der Waals surface area contributed by atoms with Crippen LogP contribution in [0.3, 0.4) is 0 Å². The molecular formula is C26H26N6O3. The van der Waals surface area contributed by atoms with Gasteiger partial charge in [-0.15, -0.1) is 0 Å². The van der Waals surface area contributed by atoms with Gasteiger partial charge in [0.25, 0.3) is 11.5 Å². The molecule has 9 heteroatoms. The fraction of sp³-hybridized carbons (Fsp3) is 0.231. The number of aromatic nitrogens is 3. The van der Waals surface area contributed by atoms with Gasteiger partial charge in [0.1, 0.15) is 11.4 Å². The first-order chi connectivity index (χ1) is 16.9. The van der Waals surface area contributed by atoms with Crippen LogP contribution in [0.4, 0.5) is 11.6 Å². The number of hydrogen-bond donors (Lipinski definition) is 2. The van der Waals surface area contributed by atoms with Crippen molar-refractivity contribution >= 4 is 17.5 Å². The number of carbonyl (C=O) groups excluding carboxylic acids is 1. The van der Waals surface area contributed by atoms with Gasteiger partial charge < -0.3 is 20.4 Å². The first-order valence-corrected chi connectivity index (χ1v) is 11.4. The highest BCUT2D eigenvalue weighted by atomic mass is 16.3. The molecule has 1 aliphatic heterocycles. The van der Waals surface area contributed by atoms with Gasteiger partial charge in [-0.2, -0.15) is 0 Å². The summed E-state index contributed by atoms with van der Waals surface area (Å²) in [7, 11) is 0. The molecule has 0 fully saturated rings. The first kappa shape index (κ1) is 22.4. The van der Waals surface area contributed by atoms with Crippen LogP contribution in [0.5, 0.6) is 0 Å². The number of carbonyl (C=O) groups is 1. The van der Waals surface area contributed by atoms with E-state index in [0.717, 1.165) is 28.1 Å². The molecule has 1 aromatic carbocycles. The summed E-state index contributed by atoms with van der Waals surface area (Å²) in [5.41, 5.74) is 11.2.